The number of Topliss-reactive ketones (excluding diaryl/α,β-unsaturated/α-hetero) is 1. The number of benzene rings is 3. The Morgan fingerprint density at radius 1 is 0.848 bits per heavy atom. The van der Waals surface area contributed by atoms with Crippen molar-refractivity contribution in [3.63, 3.8) is 0 Å². The molecular formula is C35H41Br2N5O4. The standard InChI is InChI=1S/C35H41Br2N5O4/c36-30-21-29(31(37)20-26(30)23-42-15-10-25(11-16-42)34(38)44)33(43)22-39-14-19-41-17-12-27(13-18-41)46-35(45)40-32-9-5-4-8-28(32)24-6-2-1-3-7-24/h1-9,20-21,25,27,39H,10-19,22-23H2,(H2,38,44)(H,40,45). The van der Waals surface area contributed by atoms with Gasteiger partial charge in [-0.3, -0.25) is 19.8 Å². The van der Waals surface area contributed by atoms with Gasteiger partial charge in [0.05, 0.1) is 12.2 Å². The van der Waals surface area contributed by atoms with Gasteiger partial charge in [0.25, 0.3) is 0 Å². The molecule has 46 heavy (non-hydrogen) atoms. The molecule has 4 N–H and O–H groups in total. The average molecular weight is 756 g/mol. The van der Waals surface area contributed by atoms with Crippen LogP contribution < -0.4 is 16.4 Å². The minimum absolute atomic E-state index is 0.0216. The van der Waals surface area contributed by atoms with Crippen LogP contribution in [-0.2, 0) is 16.1 Å². The first-order valence-corrected chi connectivity index (χ1v) is 17.4. The fraction of sp³-hybridized carbons (Fsp3) is 0.400. The third-order valence-corrected chi connectivity index (χ3v) is 10.2. The molecule has 5 rings (SSSR count). The van der Waals surface area contributed by atoms with Crippen LogP contribution in [-0.4, -0.2) is 79.5 Å². The number of likely N-dealkylation sites (tertiary alicyclic amines) is 2. The summed E-state index contributed by atoms with van der Waals surface area (Å²) in [5.41, 5.74) is 9.91. The maximum atomic E-state index is 13.0. The molecule has 0 bridgehead atoms. The number of carbonyl (C=O) groups is 3. The van der Waals surface area contributed by atoms with E-state index < -0.39 is 6.09 Å². The highest BCUT2D eigenvalue weighted by molar-refractivity contribution is 9.11. The molecule has 3 aromatic rings. The van der Waals surface area contributed by atoms with Gasteiger partial charge in [0.15, 0.2) is 5.78 Å². The number of para-hydroxylation sites is 1. The second-order valence-electron chi connectivity index (χ2n) is 12.0. The Balaban J connectivity index is 1.00. The van der Waals surface area contributed by atoms with Gasteiger partial charge in [-0.2, -0.15) is 0 Å². The van der Waals surface area contributed by atoms with Crippen LogP contribution >= 0.6 is 31.9 Å². The van der Waals surface area contributed by atoms with E-state index in [9.17, 15) is 14.4 Å². The van der Waals surface area contributed by atoms with Crippen molar-refractivity contribution in [2.24, 2.45) is 11.7 Å². The van der Waals surface area contributed by atoms with Crippen LogP contribution in [0.4, 0.5) is 10.5 Å². The predicted octanol–water partition coefficient (Wildman–Crippen LogP) is 6.06. The normalized spacial score (nSPS) is 16.7. The van der Waals surface area contributed by atoms with Gasteiger partial charge in [0, 0.05) is 58.7 Å². The molecular weight excluding hydrogens is 714 g/mol. The van der Waals surface area contributed by atoms with Gasteiger partial charge in [-0.25, -0.2) is 4.79 Å². The SMILES string of the molecule is NC(=O)C1CCN(Cc2cc(Br)c(C(=O)CNCCN3CCC(OC(=O)Nc4ccccc4-c4ccccc4)CC3)cc2Br)CC1. The van der Waals surface area contributed by atoms with Crippen molar-refractivity contribution in [1.82, 2.24) is 15.1 Å². The number of nitrogens with two attached hydrogens (primary N) is 1. The molecule has 0 atom stereocenters. The molecule has 2 fully saturated rings. The van der Waals surface area contributed by atoms with E-state index in [1.165, 1.54) is 0 Å². The van der Waals surface area contributed by atoms with Crippen molar-refractivity contribution < 1.29 is 19.1 Å². The summed E-state index contributed by atoms with van der Waals surface area (Å²) in [6.45, 7) is 5.79. The van der Waals surface area contributed by atoms with Crippen molar-refractivity contribution in [3.05, 3.63) is 86.8 Å². The molecule has 0 saturated carbocycles. The Morgan fingerprint density at radius 2 is 1.52 bits per heavy atom. The summed E-state index contributed by atoms with van der Waals surface area (Å²) in [6, 6.07) is 21.6. The zero-order valence-electron chi connectivity index (χ0n) is 25.9. The molecule has 3 aromatic carbocycles. The monoisotopic (exact) mass is 753 g/mol. The zero-order chi connectivity index (χ0) is 32.5. The molecule has 0 aromatic heterocycles. The molecule has 2 heterocycles. The summed E-state index contributed by atoms with van der Waals surface area (Å²) in [5, 5.41) is 6.22. The number of halogens is 2. The maximum Gasteiger partial charge on any atom is 0.411 e. The largest absolute Gasteiger partial charge is 0.446 e. The molecule has 2 aliphatic heterocycles. The highest BCUT2D eigenvalue weighted by atomic mass is 79.9. The second-order valence-corrected chi connectivity index (χ2v) is 13.7. The molecule has 2 aliphatic rings. The summed E-state index contributed by atoms with van der Waals surface area (Å²) in [6.07, 6.45) is 2.54. The third-order valence-electron chi connectivity index (χ3n) is 8.77. The first kappa shape index (κ1) is 34.3. The van der Waals surface area contributed by atoms with Crippen LogP contribution in [0.3, 0.4) is 0 Å². The van der Waals surface area contributed by atoms with Gasteiger partial charge < -0.3 is 20.7 Å². The Morgan fingerprint density at radius 3 is 2.24 bits per heavy atom. The van der Waals surface area contributed by atoms with Gasteiger partial charge in [-0.1, -0.05) is 80.4 Å². The topological polar surface area (TPSA) is 117 Å². The Labute approximate surface area is 287 Å². The first-order valence-electron chi connectivity index (χ1n) is 15.8. The number of hydrogen-bond donors (Lipinski definition) is 3. The van der Waals surface area contributed by atoms with Crippen molar-refractivity contribution >= 4 is 55.3 Å². The minimum Gasteiger partial charge on any atom is -0.446 e. The van der Waals surface area contributed by atoms with Crippen LogP contribution in [0.25, 0.3) is 11.1 Å². The number of nitrogens with zero attached hydrogens (tertiary/aromatic N) is 2. The molecule has 11 heteroatoms. The van der Waals surface area contributed by atoms with E-state index in [4.69, 9.17) is 10.5 Å². The van der Waals surface area contributed by atoms with E-state index in [1.807, 2.05) is 66.7 Å². The lowest BCUT2D eigenvalue weighted by molar-refractivity contribution is -0.123. The maximum absolute atomic E-state index is 13.0. The number of ether oxygens (including phenoxy) is 1. The number of anilines is 1. The van der Waals surface area contributed by atoms with E-state index in [1.54, 1.807) is 0 Å². The van der Waals surface area contributed by atoms with E-state index in [0.717, 1.165) is 96.3 Å². The molecule has 9 nitrogen and oxygen atoms in total. The quantitative estimate of drug-likeness (QED) is 0.152. The highest BCUT2D eigenvalue weighted by Gasteiger charge is 2.25. The van der Waals surface area contributed by atoms with Crippen molar-refractivity contribution in [2.45, 2.75) is 38.3 Å². The number of carbonyl (C=O) groups excluding carboxylic acids is 3. The van der Waals surface area contributed by atoms with Gasteiger partial charge in [-0.05, 0) is 68.1 Å². The highest BCUT2D eigenvalue weighted by Crippen LogP contribution is 2.30. The number of nitrogens with one attached hydrogen (secondary N) is 2. The summed E-state index contributed by atoms with van der Waals surface area (Å²) in [5.74, 6) is -0.223. The predicted molar refractivity (Wildman–Crippen MR) is 188 cm³/mol. The van der Waals surface area contributed by atoms with Crippen LogP contribution in [0, 0.1) is 5.92 Å². The van der Waals surface area contributed by atoms with E-state index in [-0.39, 0.29) is 30.3 Å². The number of amides is 2. The van der Waals surface area contributed by atoms with E-state index in [2.05, 4.69) is 52.3 Å². The summed E-state index contributed by atoms with van der Waals surface area (Å²) in [4.78, 5) is 41.8. The number of rotatable bonds is 12. The zero-order valence-corrected chi connectivity index (χ0v) is 29.0. The number of primary amides is 1. The molecule has 0 spiro atoms. The van der Waals surface area contributed by atoms with Crippen molar-refractivity contribution in [2.75, 3.05) is 51.1 Å². The first-order chi connectivity index (χ1) is 22.3. The number of ketones is 1. The minimum atomic E-state index is -0.433. The molecule has 0 radical (unpaired) electrons. The molecule has 2 amide bonds. The Kier molecular flexibility index (Phi) is 12.4. The third kappa shape index (κ3) is 9.48. The lowest BCUT2D eigenvalue weighted by Gasteiger charge is -2.31. The lowest BCUT2D eigenvalue weighted by atomic mass is 9.96. The van der Waals surface area contributed by atoms with Crippen LogP contribution in [0.2, 0.25) is 0 Å². The molecule has 244 valence electrons. The van der Waals surface area contributed by atoms with Crippen LogP contribution in [0.15, 0.2) is 75.7 Å². The second kappa shape index (κ2) is 16.6. The van der Waals surface area contributed by atoms with Crippen LogP contribution in [0.1, 0.15) is 41.6 Å². The smallest absolute Gasteiger partial charge is 0.411 e. The van der Waals surface area contributed by atoms with E-state index >= 15 is 0 Å². The Bertz CT molecular complexity index is 1510. The van der Waals surface area contributed by atoms with Crippen molar-refractivity contribution in [3.8, 4) is 11.1 Å². The lowest BCUT2D eigenvalue weighted by Crippen LogP contribution is -2.42. The van der Waals surface area contributed by atoms with Crippen LogP contribution in [0.5, 0.6) is 0 Å². The fourth-order valence-corrected chi connectivity index (χ4v) is 7.16. The summed E-state index contributed by atoms with van der Waals surface area (Å²) >= 11 is 7.26. The van der Waals surface area contributed by atoms with Gasteiger partial charge in [-0.15, -0.1) is 0 Å². The number of piperidine rings is 2. The van der Waals surface area contributed by atoms with Crippen molar-refractivity contribution in [1.29, 1.82) is 0 Å². The average Bonchev–Trinajstić information content (AvgIpc) is 3.06. The molecule has 0 aliphatic carbocycles. The summed E-state index contributed by atoms with van der Waals surface area (Å²) < 4.78 is 7.44. The fourth-order valence-electron chi connectivity index (χ4n) is 6.08. The number of hydrogen-bond acceptors (Lipinski definition) is 7. The van der Waals surface area contributed by atoms with Gasteiger partial charge in [0.1, 0.15) is 6.10 Å². The molecule has 2 saturated heterocycles. The summed E-state index contributed by atoms with van der Waals surface area (Å²) in [7, 11) is 0. The van der Waals surface area contributed by atoms with Gasteiger partial charge >= 0.3 is 6.09 Å². The molecule has 0 unspecified atom stereocenters. The Hall–Kier alpha value is -3.09. The van der Waals surface area contributed by atoms with E-state index in [0.29, 0.717) is 12.1 Å². The van der Waals surface area contributed by atoms with Gasteiger partial charge in [0.2, 0.25) is 5.91 Å².